The lowest BCUT2D eigenvalue weighted by molar-refractivity contribution is -0.120. The molecule has 2 rings (SSSR count). The summed E-state index contributed by atoms with van der Waals surface area (Å²) in [7, 11) is 0. The van der Waals surface area contributed by atoms with Crippen molar-refractivity contribution in [3.05, 3.63) is 28.8 Å². The molecule has 1 fully saturated rings. The van der Waals surface area contributed by atoms with E-state index in [1.54, 1.807) is 0 Å². The quantitative estimate of drug-likeness (QED) is 0.482. The van der Waals surface area contributed by atoms with Crippen molar-refractivity contribution in [2.24, 2.45) is 4.99 Å². The number of aliphatic imine (C=N–C) groups is 1. The topological polar surface area (TPSA) is 74.8 Å². The third kappa shape index (κ3) is 7.13. The van der Waals surface area contributed by atoms with E-state index >= 15 is 0 Å². The summed E-state index contributed by atoms with van der Waals surface area (Å²) in [5.74, 6) is 0.305. The van der Waals surface area contributed by atoms with Crippen molar-refractivity contribution in [2.45, 2.75) is 39.0 Å². The molecule has 1 aromatic carbocycles. The molecular formula is C16H21ClF2N4O2. The Balaban J connectivity index is 1.99. The number of halogens is 3. The number of carbonyl (C=O) groups is 1. The molecular weight excluding hydrogens is 354 g/mol. The van der Waals surface area contributed by atoms with Crippen molar-refractivity contribution < 1.29 is 18.3 Å². The normalized spacial score (nSPS) is 14.4. The van der Waals surface area contributed by atoms with Crippen molar-refractivity contribution in [2.75, 3.05) is 13.1 Å². The average Bonchev–Trinajstić information content (AvgIpc) is 3.36. The second-order valence-corrected chi connectivity index (χ2v) is 5.96. The lowest BCUT2D eigenvalue weighted by Gasteiger charge is -2.13. The number of benzene rings is 1. The molecule has 0 atom stereocenters. The predicted molar refractivity (Wildman–Crippen MR) is 92.1 cm³/mol. The van der Waals surface area contributed by atoms with Gasteiger partial charge in [-0.1, -0.05) is 11.6 Å². The fraction of sp³-hybridized carbons (Fsp3) is 0.500. The molecule has 0 aromatic heterocycles. The van der Waals surface area contributed by atoms with Gasteiger partial charge < -0.3 is 20.7 Å². The van der Waals surface area contributed by atoms with Gasteiger partial charge in [-0.05, 0) is 38.0 Å². The summed E-state index contributed by atoms with van der Waals surface area (Å²) in [5.41, 5.74) is 0.424. The van der Waals surface area contributed by atoms with E-state index in [0.717, 1.165) is 12.8 Å². The molecule has 9 heteroatoms. The predicted octanol–water partition coefficient (Wildman–Crippen LogP) is 2.28. The number of rotatable bonds is 8. The number of alkyl halides is 2. The van der Waals surface area contributed by atoms with Crippen LogP contribution in [0.15, 0.2) is 23.2 Å². The van der Waals surface area contributed by atoms with E-state index in [9.17, 15) is 13.6 Å². The Morgan fingerprint density at radius 2 is 2.16 bits per heavy atom. The summed E-state index contributed by atoms with van der Waals surface area (Å²) < 4.78 is 29.4. The number of amides is 1. The van der Waals surface area contributed by atoms with Crippen LogP contribution in [0, 0.1) is 0 Å². The molecule has 1 aliphatic carbocycles. The molecule has 3 N–H and O–H groups in total. The van der Waals surface area contributed by atoms with Crippen LogP contribution in [0.3, 0.4) is 0 Å². The van der Waals surface area contributed by atoms with Gasteiger partial charge in [0, 0.05) is 23.2 Å². The Hall–Kier alpha value is -2.09. The molecule has 0 unspecified atom stereocenters. The van der Waals surface area contributed by atoms with Gasteiger partial charge >= 0.3 is 6.61 Å². The third-order valence-corrected chi connectivity index (χ3v) is 3.58. The second kappa shape index (κ2) is 9.41. The van der Waals surface area contributed by atoms with Crippen molar-refractivity contribution in [3.8, 4) is 5.75 Å². The molecule has 1 aliphatic rings. The lowest BCUT2D eigenvalue weighted by Crippen LogP contribution is -2.43. The maximum Gasteiger partial charge on any atom is 0.387 e. The Labute approximate surface area is 150 Å². The van der Waals surface area contributed by atoms with Crippen LogP contribution in [0.4, 0.5) is 8.78 Å². The van der Waals surface area contributed by atoms with Crippen LogP contribution in [0.1, 0.15) is 25.3 Å². The van der Waals surface area contributed by atoms with Crippen molar-refractivity contribution in [1.29, 1.82) is 0 Å². The number of ether oxygens (including phenoxy) is 1. The van der Waals surface area contributed by atoms with Crippen LogP contribution in [0.5, 0.6) is 5.75 Å². The standard InChI is InChI=1S/C16H21ClF2N4O2/c1-2-20-16(22-9-14(24)23-12-4-5-12)21-8-10-7-11(17)3-6-13(10)25-15(18)19/h3,6-7,12,15H,2,4-5,8-9H2,1H3,(H,23,24)(H2,20,21,22). The van der Waals surface area contributed by atoms with Gasteiger partial charge in [-0.25, -0.2) is 4.99 Å². The van der Waals surface area contributed by atoms with E-state index in [1.165, 1.54) is 18.2 Å². The van der Waals surface area contributed by atoms with Crippen LogP contribution in [0.25, 0.3) is 0 Å². The fourth-order valence-electron chi connectivity index (χ4n) is 2.06. The summed E-state index contributed by atoms with van der Waals surface area (Å²) in [5, 5.41) is 9.15. The van der Waals surface area contributed by atoms with Crippen LogP contribution >= 0.6 is 11.6 Å². The van der Waals surface area contributed by atoms with Gasteiger partial charge in [-0.3, -0.25) is 4.79 Å². The third-order valence-electron chi connectivity index (χ3n) is 3.35. The van der Waals surface area contributed by atoms with Crippen LogP contribution in [0.2, 0.25) is 5.02 Å². The molecule has 0 heterocycles. The van der Waals surface area contributed by atoms with Crippen molar-refractivity contribution >= 4 is 23.5 Å². The minimum absolute atomic E-state index is 0.0190. The van der Waals surface area contributed by atoms with E-state index in [2.05, 4.69) is 25.7 Å². The molecule has 0 radical (unpaired) electrons. The highest BCUT2D eigenvalue weighted by Crippen LogP contribution is 2.25. The summed E-state index contributed by atoms with van der Waals surface area (Å²) in [6, 6.07) is 4.65. The summed E-state index contributed by atoms with van der Waals surface area (Å²) in [4.78, 5) is 16.0. The first-order chi connectivity index (χ1) is 12.0. The van der Waals surface area contributed by atoms with Crippen molar-refractivity contribution in [3.63, 3.8) is 0 Å². The van der Waals surface area contributed by atoms with Gasteiger partial charge in [-0.15, -0.1) is 0 Å². The Morgan fingerprint density at radius 3 is 2.80 bits per heavy atom. The number of nitrogens with one attached hydrogen (secondary N) is 3. The maximum atomic E-state index is 12.5. The Bertz CT molecular complexity index is 624. The monoisotopic (exact) mass is 374 g/mol. The first-order valence-electron chi connectivity index (χ1n) is 8.02. The largest absolute Gasteiger partial charge is 0.434 e. The highest BCUT2D eigenvalue weighted by Gasteiger charge is 2.23. The van der Waals surface area contributed by atoms with Crippen LogP contribution in [-0.2, 0) is 11.3 Å². The van der Waals surface area contributed by atoms with Gasteiger partial charge in [0.1, 0.15) is 5.75 Å². The average molecular weight is 375 g/mol. The molecule has 0 spiro atoms. The van der Waals surface area contributed by atoms with Gasteiger partial charge in [0.2, 0.25) is 5.91 Å². The van der Waals surface area contributed by atoms with Gasteiger partial charge in [-0.2, -0.15) is 8.78 Å². The van der Waals surface area contributed by atoms with E-state index in [-0.39, 0.29) is 30.8 Å². The number of nitrogens with zero attached hydrogens (tertiary/aromatic N) is 1. The highest BCUT2D eigenvalue weighted by molar-refractivity contribution is 6.30. The van der Waals surface area contributed by atoms with Crippen LogP contribution in [-0.4, -0.2) is 37.6 Å². The Kier molecular flexibility index (Phi) is 7.24. The Morgan fingerprint density at radius 1 is 1.40 bits per heavy atom. The number of hydrogen-bond donors (Lipinski definition) is 3. The zero-order valence-corrected chi connectivity index (χ0v) is 14.6. The molecule has 1 saturated carbocycles. The molecule has 0 saturated heterocycles. The summed E-state index contributed by atoms with van der Waals surface area (Å²) in [6.07, 6.45) is 2.03. The molecule has 138 valence electrons. The molecule has 1 aromatic rings. The highest BCUT2D eigenvalue weighted by atomic mass is 35.5. The molecule has 25 heavy (non-hydrogen) atoms. The summed E-state index contributed by atoms with van der Waals surface area (Å²) in [6.45, 7) is -0.306. The number of guanidine groups is 1. The first kappa shape index (κ1) is 19.2. The van der Waals surface area contributed by atoms with Gasteiger partial charge in [0.15, 0.2) is 5.96 Å². The number of hydrogen-bond acceptors (Lipinski definition) is 3. The van der Waals surface area contributed by atoms with E-state index in [4.69, 9.17) is 11.6 Å². The zero-order valence-electron chi connectivity index (χ0n) is 13.8. The molecule has 1 amide bonds. The SMILES string of the molecule is CCNC(=NCc1cc(Cl)ccc1OC(F)F)NCC(=O)NC1CC1. The smallest absolute Gasteiger partial charge is 0.387 e. The minimum Gasteiger partial charge on any atom is -0.434 e. The van der Waals surface area contributed by atoms with E-state index in [1.807, 2.05) is 6.92 Å². The molecule has 0 bridgehead atoms. The van der Waals surface area contributed by atoms with Crippen LogP contribution < -0.4 is 20.7 Å². The second-order valence-electron chi connectivity index (χ2n) is 5.52. The molecule has 0 aliphatic heterocycles. The first-order valence-corrected chi connectivity index (χ1v) is 8.40. The zero-order chi connectivity index (χ0) is 18.2. The van der Waals surface area contributed by atoms with E-state index < -0.39 is 6.61 Å². The maximum absolute atomic E-state index is 12.5. The van der Waals surface area contributed by atoms with E-state index in [0.29, 0.717) is 23.1 Å². The lowest BCUT2D eigenvalue weighted by atomic mass is 10.2. The molecule has 6 nitrogen and oxygen atoms in total. The summed E-state index contributed by atoms with van der Waals surface area (Å²) >= 11 is 5.91. The minimum atomic E-state index is -2.93. The van der Waals surface area contributed by atoms with Gasteiger partial charge in [0.25, 0.3) is 0 Å². The van der Waals surface area contributed by atoms with Crippen molar-refractivity contribution in [1.82, 2.24) is 16.0 Å². The number of carbonyl (C=O) groups excluding carboxylic acids is 1. The van der Waals surface area contributed by atoms with Gasteiger partial charge in [0.05, 0.1) is 13.1 Å². The fourth-order valence-corrected chi connectivity index (χ4v) is 2.25.